The Morgan fingerprint density at radius 3 is 2.31 bits per heavy atom. The van der Waals surface area contributed by atoms with Gasteiger partial charge in [-0.15, -0.1) is 0 Å². The predicted molar refractivity (Wildman–Crippen MR) is 128 cm³/mol. The van der Waals surface area contributed by atoms with Gasteiger partial charge in [0.05, 0.1) is 6.26 Å². The highest BCUT2D eigenvalue weighted by molar-refractivity contribution is 14.1. The van der Waals surface area contributed by atoms with Crippen molar-refractivity contribution in [1.82, 2.24) is 9.62 Å². The summed E-state index contributed by atoms with van der Waals surface area (Å²) >= 11 is 7.39. The van der Waals surface area contributed by atoms with E-state index in [0.29, 0.717) is 31.7 Å². The lowest BCUT2D eigenvalue weighted by Gasteiger charge is -2.34. The topological polar surface area (TPSA) is 81.8 Å². The van der Waals surface area contributed by atoms with Gasteiger partial charge in [0.1, 0.15) is 0 Å². The molecule has 1 fully saturated rings. The van der Waals surface area contributed by atoms with Crippen molar-refractivity contribution in [3.05, 3.63) is 57.7 Å². The Morgan fingerprint density at radius 1 is 1.07 bits per heavy atom. The largest absolute Gasteiger partial charge is 0.369 e. The summed E-state index contributed by atoms with van der Waals surface area (Å²) < 4.78 is 25.7. The van der Waals surface area contributed by atoms with Crippen LogP contribution in [0.3, 0.4) is 0 Å². The van der Waals surface area contributed by atoms with Crippen LogP contribution in [0.5, 0.6) is 0 Å². The summed E-state index contributed by atoms with van der Waals surface area (Å²) in [7, 11) is -3.14. The van der Waals surface area contributed by atoms with Crippen molar-refractivity contribution in [3.63, 3.8) is 0 Å². The van der Waals surface area contributed by atoms with E-state index in [4.69, 9.17) is 12.2 Å². The second kappa shape index (κ2) is 9.37. The predicted octanol–water partition coefficient (Wildman–Crippen LogP) is 2.50. The Balaban J connectivity index is 1.54. The van der Waals surface area contributed by atoms with E-state index in [1.54, 1.807) is 12.1 Å². The van der Waals surface area contributed by atoms with Crippen LogP contribution in [0.15, 0.2) is 48.5 Å². The van der Waals surface area contributed by atoms with Gasteiger partial charge in [-0.3, -0.25) is 10.1 Å². The fraction of sp³-hybridized carbons (Fsp3) is 0.263. The van der Waals surface area contributed by atoms with Gasteiger partial charge in [-0.05, 0) is 77.3 Å². The van der Waals surface area contributed by atoms with E-state index in [1.807, 2.05) is 36.4 Å². The highest BCUT2D eigenvalue weighted by Crippen LogP contribution is 2.20. The van der Waals surface area contributed by atoms with Gasteiger partial charge in [0.2, 0.25) is 10.0 Å². The fourth-order valence-electron chi connectivity index (χ4n) is 3.00. The minimum Gasteiger partial charge on any atom is -0.369 e. The lowest BCUT2D eigenvalue weighted by Crippen LogP contribution is -2.48. The molecular weight excluding hydrogens is 523 g/mol. The molecule has 0 spiro atoms. The van der Waals surface area contributed by atoms with Gasteiger partial charge in [0.25, 0.3) is 5.91 Å². The maximum Gasteiger partial charge on any atom is 0.257 e. The summed E-state index contributed by atoms with van der Waals surface area (Å²) in [5.74, 6) is -0.263. The Kier molecular flexibility index (Phi) is 7.09. The van der Waals surface area contributed by atoms with Crippen LogP contribution in [0.25, 0.3) is 0 Å². The van der Waals surface area contributed by atoms with E-state index in [2.05, 4.69) is 38.1 Å². The molecule has 1 amide bonds. The van der Waals surface area contributed by atoms with Crippen LogP contribution in [0.1, 0.15) is 10.4 Å². The average molecular weight is 544 g/mol. The molecule has 2 aromatic rings. The Morgan fingerprint density at radius 2 is 1.72 bits per heavy atom. The highest BCUT2D eigenvalue weighted by Gasteiger charge is 2.23. The first kappa shape index (κ1) is 21.9. The molecule has 154 valence electrons. The molecule has 29 heavy (non-hydrogen) atoms. The zero-order chi connectivity index (χ0) is 21.0. The third-order valence-electron chi connectivity index (χ3n) is 4.51. The summed E-state index contributed by atoms with van der Waals surface area (Å²) in [4.78, 5) is 14.4. The standard InChI is InChI=1S/C19H21IN4O3S2/c1-29(26,27)24-11-9-23(10-12-24)17-7-5-16(6-8-17)21-19(28)22-18(25)14-3-2-4-15(20)13-14/h2-8,13H,9-12H2,1H3,(H2,21,22,25,28). The lowest BCUT2D eigenvalue weighted by atomic mass is 10.2. The third-order valence-corrected chi connectivity index (χ3v) is 6.69. The zero-order valence-corrected chi connectivity index (χ0v) is 19.6. The van der Waals surface area contributed by atoms with Gasteiger partial charge in [0.15, 0.2) is 5.11 Å². The van der Waals surface area contributed by atoms with Crippen molar-refractivity contribution < 1.29 is 13.2 Å². The van der Waals surface area contributed by atoms with Crippen molar-refractivity contribution in [2.75, 3.05) is 42.7 Å². The van der Waals surface area contributed by atoms with Gasteiger partial charge in [-0.2, -0.15) is 4.31 Å². The van der Waals surface area contributed by atoms with Gasteiger partial charge in [-0.1, -0.05) is 6.07 Å². The summed E-state index contributed by atoms with van der Waals surface area (Å²) in [5, 5.41) is 5.91. The first-order valence-corrected chi connectivity index (χ1v) is 12.2. The number of anilines is 2. The molecule has 1 saturated heterocycles. The molecule has 0 saturated carbocycles. The molecule has 0 atom stereocenters. The van der Waals surface area contributed by atoms with E-state index < -0.39 is 10.0 Å². The maximum absolute atomic E-state index is 12.3. The average Bonchev–Trinajstić information content (AvgIpc) is 2.68. The number of benzene rings is 2. The number of hydrogen-bond donors (Lipinski definition) is 2. The van der Waals surface area contributed by atoms with Crippen molar-refractivity contribution in [2.45, 2.75) is 0 Å². The summed E-state index contributed by atoms with van der Waals surface area (Å²) in [6, 6.07) is 14.9. The Bertz CT molecular complexity index is 1000. The Hall–Kier alpha value is -1.76. The number of carbonyl (C=O) groups excluding carboxylic acids is 1. The number of carbonyl (C=O) groups is 1. The molecule has 1 aliphatic rings. The minimum absolute atomic E-state index is 0.225. The SMILES string of the molecule is CS(=O)(=O)N1CCN(c2ccc(NC(=S)NC(=O)c3cccc(I)c3)cc2)CC1. The molecular formula is C19H21IN4O3S2. The van der Waals surface area contributed by atoms with E-state index in [9.17, 15) is 13.2 Å². The lowest BCUT2D eigenvalue weighted by molar-refractivity contribution is 0.0977. The molecule has 0 aliphatic carbocycles. The Labute approximate surface area is 189 Å². The van der Waals surface area contributed by atoms with Crippen molar-refractivity contribution >= 4 is 67.2 Å². The molecule has 7 nitrogen and oxygen atoms in total. The third kappa shape index (κ3) is 6.11. The number of amides is 1. The summed E-state index contributed by atoms with van der Waals surface area (Å²) in [5.41, 5.74) is 2.32. The van der Waals surface area contributed by atoms with Crippen LogP contribution in [0.4, 0.5) is 11.4 Å². The number of piperazine rings is 1. The normalized spacial score (nSPS) is 15.0. The molecule has 10 heteroatoms. The maximum atomic E-state index is 12.3. The smallest absolute Gasteiger partial charge is 0.257 e. The summed E-state index contributed by atoms with van der Waals surface area (Å²) in [6.07, 6.45) is 1.24. The van der Waals surface area contributed by atoms with Crippen LogP contribution in [-0.2, 0) is 10.0 Å². The monoisotopic (exact) mass is 544 g/mol. The molecule has 0 bridgehead atoms. The molecule has 1 aliphatic heterocycles. The number of nitrogens with zero attached hydrogens (tertiary/aromatic N) is 2. The first-order valence-electron chi connectivity index (χ1n) is 8.90. The van der Waals surface area contributed by atoms with Crippen molar-refractivity contribution in [1.29, 1.82) is 0 Å². The van der Waals surface area contributed by atoms with Crippen LogP contribution in [0, 0.1) is 3.57 Å². The highest BCUT2D eigenvalue weighted by atomic mass is 127. The van der Waals surface area contributed by atoms with E-state index in [-0.39, 0.29) is 11.0 Å². The van der Waals surface area contributed by atoms with E-state index in [1.165, 1.54) is 10.6 Å². The number of nitrogens with one attached hydrogen (secondary N) is 2. The van der Waals surface area contributed by atoms with Crippen LogP contribution in [0.2, 0.25) is 0 Å². The fourth-order valence-corrected chi connectivity index (χ4v) is 4.58. The van der Waals surface area contributed by atoms with Gasteiger partial charge < -0.3 is 10.2 Å². The zero-order valence-electron chi connectivity index (χ0n) is 15.8. The number of sulfonamides is 1. The van der Waals surface area contributed by atoms with Gasteiger partial charge >= 0.3 is 0 Å². The molecule has 2 N–H and O–H groups in total. The number of thiocarbonyl (C=S) groups is 1. The quantitative estimate of drug-likeness (QED) is 0.455. The number of rotatable bonds is 4. The molecule has 2 aromatic carbocycles. The van der Waals surface area contributed by atoms with Crippen LogP contribution in [-0.4, -0.2) is 56.2 Å². The molecule has 0 unspecified atom stereocenters. The molecule has 3 rings (SSSR count). The first-order chi connectivity index (χ1) is 13.7. The van der Waals surface area contributed by atoms with Crippen molar-refractivity contribution in [3.8, 4) is 0 Å². The second-order valence-electron chi connectivity index (χ2n) is 6.61. The molecule has 0 radical (unpaired) electrons. The van der Waals surface area contributed by atoms with Crippen LogP contribution >= 0.6 is 34.8 Å². The van der Waals surface area contributed by atoms with E-state index >= 15 is 0 Å². The van der Waals surface area contributed by atoms with Crippen LogP contribution < -0.4 is 15.5 Å². The molecule has 0 aromatic heterocycles. The van der Waals surface area contributed by atoms with Gasteiger partial charge in [-0.25, -0.2) is 8.42 Å². The number of halogens is 1. The van der Waals surface area contributed by atoms with Crippen molar-refractivity contribution in [2.24, 2.45) is 0 Å². The summed E-state index contributed by atoms with van der Waals surface area (Å²) in [6.45, 7) is 2.25. The van der Waals surface area contributed by atoms with E-state index in [0.717, 1.165) is 14.9 Å². The minimum atomic E-state index is -3.14. The van der Waals surface area contributed by atoms with Gasteiger partial charge in [0, 0.05) is 46.7 Å². The number of hydrogen-bond acceptors (Lipinski definition) is 5. The second-order valence-corrected chi connectivity index (χ2v) is 10.3. The molecule has 1 heterocycles.